The van der Waals surface area contributed by atoms with Crippen molar-refractivity contribution in [1.29, 1.82) is 0 Å². The van der Waals surface area contributed by atoms with Crippen molar-refractivity contribution in [2.75, 3.05) is 5.32 Å². The lowest BCUT2D eigenvalue weighted by atomic mass is 10.0. The van der Waals surface area contributed by atoms with E-state index < -0.39 is 11.7 Å². The van der Waals surface area contributed by atoms with E-state index in [-0.39, 0.29) is 6.04 Å². The molecule has 1 aromatic heterocycles. The lowest BCUT2D eigenvalue weighted by Gasteiger charge is -2.15. The first-order valence-electron chi connectivity index (χ1n) is 6.59. The SMILES string of the molecule is CC(C)CCCC(C)Nc1ccc(C(F)(F)F)cn1. The molecule has 0 aromatic carbocycles. The number of nitrogens with one attached hydrogen (secondary N) is 1. The Morgan fingerprint density at radius 2 is 1.84 bits per heavy atom. The third-order valence-electron chi connectivity index (χ3n) is 2.90. The molecule has 0 aliphatic rings. The molecule has 0 saturated carbocycles. The first-order valence-corrected chi connectivity index (χ1v) is 6.59. The molecule has 1 atom stereocenters. The topological polar surface area (TPSA) is 24.9 Å². The minimum Gasteiger partial charge on any atom is -0.368 e. The lowest BCUT2D eigenvalue weighted by Crippen LogP contribution is -2.16. The molecule has 0 radical (unpaired) electrons. The summed E-state index contributed by atoms with van der Waals surface area (Å²) >= 11 is 0. The molecular weight excluding hydrogens is 253 g/mol. The molecule has 0 amide bonds. The molecule has 0 fully saturated rings. The number of hydrogen-bond acceptors (Lipinski definition) is 2. The number of halogens is 3. The molecule has 1 rings (SSSR count). The highest BCUT2D eigenvalue weighted by molar-refractivity contribution is 5.36. The summed E-state index contributed by atoms with van der Waals surface area (Å²) in [6.07, 6.45) is -0.211. The summed E-state index contributed by atoms with van der Waals surface area (Å²) in [5.41, 5.74) is -0.717. The van der Waals surface area contributed by atoms with Gasteiger partial charge in [-0.25, -0.2) is 4.98 Å². The summed E-state index contributed by atoms with van der Waals surface area (Å²) in [5.74, 6) is 1.17. The number of hydrogen-bond donors (Lipinski definition) is 1. The first-order chi connectivity index (χ1) is 8.79. The number of anilines is 1. The first kappa shape index (κ1) is 15.8. The van der Waals surface area contributed by atoms with Crippen LogP contribution in [0.2, 0.25) is 0 Å². The van der Waals surface area contributed by atoms with E-state index in [4.69, 9.17) is 0 Å². The van der Waals surface area contributed by atoms with Gasteiger partial charge in [0.05, 0.1) is 5.56 Å². The molecule has 0 aliphatic heterocycles. The fourth-order valence-electron chi connectivity index (χ4n) is 1.80. The monoisotopic (exact) mass is 274 g/mol. The number of aromatic nitrogens is 1. The van der Waals surface area contributed by atoms with Crippen molar-refractivity contribution in [3.05, 3.63) is 23.9 Å². The maximum Gasteiger partial charge on any atom is 0.417 e. The summed E-state index contributed by atoms with van der Waals surface area (Å²) < 4.78 is 37.1. The van der Waals surface area contributed by atoms with Crippen LogP contribution in [-0.2, 0) is 6.18 Å². The van der Waals surface area contributed by atoms with Gasteiger partial charge >= 0.3 is 6.18 Å². The van der Waals surface area contributed by atoms with Gasteiger partial charge in [0.25, 0.3) is 0 Å². The summed E-state index contributed by atoms with van der Waals surface area (Å²) in [4.78, 5) is 3.80. The normalized spacial score (nSPS) is 13.6. The van der Waals surface area contributed by atoms with Crippen LogP contribution in [0.15, 0.2) is 18.3 Å². The molecule has 0 spiro atoms. The smallest absolute Gasteiger partial charge is 0.368 e. The molecule has 1 unspecified atom stereocenters. The standard InChI is InChI=1S/C14H21F3N2/c1-10(2)5-4-6-11(3)19-13-8-7-12(9-18-13)14(15,16)17/h7-11H,4-6H2,1-3H3,(H,18,19). The van der Waals surface area contributed by atoms with Crippen molar-refractivity contribution in [1.82, 2.24) is 4.98 Å². The number of rotatable bonds is 6. The molecule has 108 valence electrons. The maximum atomic E-state index is 12.4. The van der Waals surface area contributed by atoms with Gasteiger partial charge in [-0.2, -0.15) is 13.2 Å². The second kappa shape index (κ2) is 6.78. The van der Waals surface area contributed by atoms with Gasteiger partial charge in [0.1, 0.15) is 5.82 Å². The Kier molecular flexibility index (Phi) is 5.63. The third kappa shape index (κ3) is 5.94. The van der Waals surface area contributed by atoms with Crippen LogP contribution in [0.3, 0.4) is 0 Å². The van der Waals surface area contributed by atoms with Crippen molar-refractivity contribution in [3.63, 3.8) is 0 Å². The molecule has 1 N–H and O–H groups in total. The van der Waals surface area contributed by atoms with Crippen LogP contribution in [0.1, 0.15) is 45.6 Å². The van der Waals surface area contributed by atoms with E-state index in [2.05, 4.69) is 24.1 Å². The van der Waals surface area contributed by atoms with E-state index in [0.717, 1.165) is 31.5 Å². The van der Waals surface area contributed by atoms with E-state index in [1.54, 1.807) is 0 Å². The van der Waals surface area contributed by atoms with Gasteiger partial charge in [0.15, 0.2) is 0 Å². The predicted octanol–water partition coefficient (Wildman–Crippen LogP) is 4.73. The molecule has 5 heteroatoms. The van der Waals surface area contributed by atoms with Gasteiger partial charge in [-0.1, -0.05) is 26.7 Å². The number of pyridine rings is 1. The van der Waals surface area contributed by atoms with Crippen LogP contribution >= 0.6 is 0 Å². The second-order valence-electron chi connectivity index (χ2n) is 5.30. The lowest BCUT2D eigenvalue weighted by molar-refractivity contribution is -0.137. The van der Waals surface area contributed by atoms with Crippen molar-refractivity contribution in [2.24, 2.45) is 5.92 Å². The Morgan fingerprint density at radius 1 is 1.16 bits per heavy atom. The second-order valence-corrected chi connectivity index (χ2v) is 5.30. The van der Waals surface area contributed by atoms with Crippen molar-refractivity contribution >= 4 is 5.82 Å². The zero-order valence-corrected chi connectivity index (χ0v) is 11.6. The Balaban J connectivity index is 2.44. The number of nitrogens with zero attached hydrogens (tertiary/aromatic N) is 1. The van der Waals surface area contributed by atoms with E-state index >= 15 is 0 Å². The van der Waals surface area contributed by atoms with E-state index in [0.29, 0.717) is 11.7 Å². The van der Waals surface area contributed by atoms with Crippen molar-refractivity contribution < 1.29 is 13.2 Å². The Morgan fingerprint density at radius 3 is 2.32 bits per heavy atom. The van der Waals surface area contributed by atoms with Gasteiger partial charge in [0.2, 0.25) is 0 Å². The molecule has 19 heavy (non-hydrogen) atoms. The summed E-state index contributed by atoms with van der Waals surface area (Å²) in [6.45, 7) is 6.37. The largest absolute Gasteiger partial charge is 0.417 e. The maximum absolute atomic E-state index is 12.4. The van der Waals surface area contributed by atoms with Gasteiger partial charge in [0, 0.05) is 12.2 Å². The molecule has 1 aromatic rings. The summed E-state index contributed by atoms with van der Waals surface area (Å²) in [5, 5.41) is 3.12. The molecule has 0 saturated heterocycles. The van der Waals surface area contributed by atoms with Crippen LogP contribution in [0.5, 0.6) is 0 Å². The summed E-state index contributed by atoms with van der Waals surface area (Å²) in [7, 11) is 0. The highest BCUT2D eigenvalue weighted by atomic mass is 19.4. The van der Waals surface area contributed by atoms with Crippen LogP contribution in [0.4, 0.5) is 19.0 Å². The van der Waals surface area contributed by atoms with Crippen LogP contribution in [-0.4, -0.2) is 11.0 Å². The van der Waals surface area contributed by atoms with Crippen LogP contribution in [0.25, 0.3) is 0 Å². The zero-order chi connectivity index (χ0) is 14.5. The predicted molar refractivity (Wildman–Crippen MR) is 71.0 cm³/mol. The number of alkyl halides is 3. The van der Waals surface area contributed by atoms with Crippen LogP contribution < -0.4 is 5.32 Å². The van der Waals surface area contributed by atoms with Crippen molar-refractivity contribution in [2.45, 2.75) is 52.3 Å². The minimum atomic E-state index is -4.32. The highest BCUT2D eigenvalue weighted by Crippen LogP contribution is 2.28. The van der Waals surface area contributed by atoms with Crippen molar-refractivity contribution in [3.8, 4) is 0 Å². The Bertz CT molecular complexity index is 371. The van der Waals surface area contributed by atoms with Gasteiger partial charge < -0.3 is 5.32 Å². The van der Waals surface area contributed by atoms with E-state index in [1.165, 1.54) is 6.07 Å². The molecule has 0 aliphatic carbocycles. The average Bonchev–Trinajstić information content (AvgIpc) is 2.27. The minimum absolute atomic E-state index is 0.211. The molecule has 0 bridgehead atoms. The van der Waals surface area contributed by atoms with Gasteiger partial charge in [-0.15, -0.1) is 0 Å². The molecular formula is C14H21F3N2. The fraction of sp³-hybridized carbons (Fsp3) is 0.643. The fourth-order valence-corrected chi connectivity index (χ4v) is 1.80. The van der Waals surface area contributed by atoms with Gasteiger partial charge in [-0.3, -0.25) is 0 Å². The Labute approximate surface area is 112 Å². The van der Waals surface area contributed by atoms with Gasteiger partial charge in [-0.05, 0) is 31.4 Å². The molecule has 2 nitrogen and oxygen atoms in total. The zero-order valence-electron chi connectivity index (χ0n) is 11.6. The van der Waals surface area contributed by atoms with E-state index in [1.807, 2.05) is 6.92 Å². The van der Waals surface area contributed by atoms with Crippen LogP contribution in [0, 0.1) is 5.92 Å². The third-order valence-corrected chi connectivity index (χ3v) is 2.90. The molecule has 1 heterocycles. The Hall–Kier alpha value is -1.26. The highest BCUT2D eigenvalue weighted by Gasteiger charge is 2.30. The van der Waals surface area contributed by atoms with E-state index in [9.17, 15) is 13.2 Å². The quantitative estimate of drug-likeness (QED) is 0.811. The average molecular weight is 274 g/mol. The summed E-state index contributed by atoms with van der Waals surface area (Å²) in [6, 6.07) is 2.64.